The van der Waals surface area contributed by atoms with Gasteiger partial charge in [-0.15, -0.1) is 0 Å². The molecular weight excluding hydrogens is 291 g/mol. The third-order valence-electron chi connectivity index (χ3n) is 3.01. The number of nitrogens with one attached hydrogen (secondary N) is 1. The van der Waals surface area contributed by atoms with Crippen LogP contribution in [0.15, 0.2) is 21.3 Å². The molecular formula is C12H10F3N3O3. The van der Waals surface area contributed by atoms with Crippen LogP contribution >= 0.6 is 0 Å². The van der Waals surface area contributed by atoms with E-state index >= 15 is 0 Å². The van der Waals surface area contributed by atoms with Crippen molar-refractivity contribution in [3.63, 3.8) is 0 Å². The first-order chi connectivity index (χ1) is 9.95. The molecule has 9 heteroatoms. The molecule has 1 aliphatic rings. The van der Waals surface area contributed by atoms with Crippen molar-refractivity contribution in [2.45, 2.75) is 31.5 Å². The molecule has 1 N–H and O–H groups in total. The molecule has 0 radical (unpaired) electrons. The number of carbonyl (C=O) groups excluding carboxylic acids is 1. The Morgan fingerprint density at radius 2 is 2.19 bits per heavy atom. The first-order valence-corrected chi connectivity index (χ1v) is 6.20. The van der Waals surface area contributed by atoms with Crippen LogP contribution in [0.4, 0.5) is 13.2 Å². The minimum Gasteiger partial charge on any atom is -0.468 e. The van der Waals surface area contributed by atoms with Crippen molar-refractivity contribution < 1.29 is 26.9 Å². The van der Waals surface area contributed by atoms with Gasteiger partial charge in [-0.2, -0.15) is 18.2 Å². The van der Waals surface area contributed by atoms with E-state index in [2.05, 4.69) is 20.0 Å². The molecule has 0 bridgehead atoms. The van der Waals surface area contributed by atoms with E-state index in [4.69, 9.17) is 4.42 Å². The number of furan rings is 1. The fourth-order valence-electron chi connectivity index (χ4n) is 1.86. The Bertz CT molecular complexity index is 658. The van der Waals surface area contributed by atoms with Gasteiger partial charge in [0.25, 0.3) is 11.7 Å². The number of halogens is 3. The number of carbonyl (C=O) groups is 1. The predicted molar refractivity (Wildman–Crippen MR) is 61.2 cm³/mol. The SMILES string of the molecule is O=C(NCc1nc(C(F)(F)F)no1)c1ccoc1C1CC1. The van der Waals surface area contributed by atoms with E-state index in [9.17, 15) is 18.0 Å². The Hall–Kier alpha value is -2.32. The minimum atomic E-state index is -4.67. The molecule has 0 saturated heterocycles. The zero-order chi connectivity index (χ0) is 15.0. The normalized spacial score (nSPS) is 15.2. The van der Waals surface area contributed by atoms with E-state index in [1.165, 1.54) is 12.3 Å². The van der Waals surface area contributed by atoms with Crippen LogP contribution in [-0.4, -0.2) is 16.0 Å². The average molecular weight is 301 g/mol. The fraction of sp³-hybridized carbons (Fsp3) is 0.417. The summed E-state index contributed by atoms with van der Waals surface area (Å²) in [5.41, 5.74) is 0.382. The van der Waals surface area contributed by atoms with E-state index < -0.39 is 17.9 Å². The molecule has 6 nitrogen and oxygen atoms in total. The van der Waals surface area contributed by atoms with Crippen molar-refractivity contribution in [2.24, 2.45) is 0 Å². The number of alkyl halides is 3. The number of rotatable bonds is 4. The molecule has 2 heterocycles. The zero-order valence-electron chi connectivity index (χ0n) is 10.6. The van der Waals surface area contributed by atoms with Gasteiger partial charge in [-0.05, 0) is 18.9 Å². The number of amides is 1. The summed E-state index contributed by atoms with van der Waals surface area (Å²) >= 11 is 0. The molecule has 1 amide bonds. The van der Waals surface area contributed by atoms with Gasteiger partial charge in [0, 0.05) is 5.92 Å². The quantitative estimate of drug-likeness (QED) is 0.938. The molecule has 1 fully saturated rings. The second-order valence-electron chi connectivity index (χ2n) is 4.66. The Kier molecular flexibility index (Phi) is 3.19. The molecule has 0 atom stereocenters. The van der Waals surface area contributed by atoms with E-state index in [1.54, 1.807) is 0 Å². The van der Waals surface area contributed by atoms with E-state index in [-0.39, 0.29) is 18.4 Å². The third-order valence-corrected chi connectivity index (χ3v) is 3.01. The molecule has 0 aromatic carbocycles. The maximum atomic E-state index is 12.3. The lowest BCUT2D eigenvalue weighted by Gasteiger charge is -2.02. The van der Waals surface area contributed by atoms with Crippen LogP contribution in [0.3, 0.4) is 0 Å². The summed E-state index contributed by atoms with van der Waals surface area (Å²) in [5.74, 6) is -1.27. The van der Waals surface area contributed by atoms with Crippen molar-refractivity contribution in [3.8, 4) is 0 Å². The predicted octanol–water partition coefficient (Wildman–Crippen LogP) is 2.49. The topological polar surface area (TPSA) is 81.2 Å². The van der Waals surface area contributed by atoms with Crippen LogP contribution in [0.1, 0.15) is 46.6 Å². The Balaban J connectivity index is 1.63. The van der Waals surface area contributed by atoms with Gasteiger partial charge in [-0.1, -0.05) is 5.16 Å². The van der Waals surface area contributed by atoms with Gasteiger partial charge in [-0.3, -0.25) is 4.79 Å². The highest BCUT2D eigenvalue weighted by molar-refractivity contribution is 5.95. The summed E-state index contributed by atoms with van der Waals surface area (Å²) in [6.45, 7) is -0.281. The van der Waals surface area contributed by atoms with E-state index in [1.807, 2.05) is 0 Å². The molecule has 1 saturated carbocycles. The van der Waals surface area contributed by atoms with Gasteiger partial charge < -0.3 is 14.3 Å². The van der Waals surface area contributed by atoms with Crippen molar-refractivity contribution in [1.82, 2.24) is 15.5 Å². The second kappa shape index (κ2) is 4.90. The maximum absolute atomic E-state index is 12.3. The lowest BCUT2D eigenvalue weighted by Crippen LogP contribution is -2.23. The van der Waals surface area contributed by atoms with Gasteiger partial charge in [-0.25, -0.2) is 0 Å². The van der Waals surface area contributed by atoms with Crippen molar-refractivity contribution in [3.05, 3.63) is 35.4 Å². The number of aromatic nitrogens is 2. The van der Waals surface area contributed by atoms with Crippen LogP contribution in [0.25, 0.3) is 0 Å². The van der Waals surface area contributed by atoms with Crippen LogP contribution in [0, 0.1) is 0 Å². The molecule has 21 heavy (non-hydrogen) atoms. The van der Waals surface area contributed by atoms with Crippen LogP contribution in [0.2, 0.25) is 0 Å². The number of nitrogens with zero attached hydrogens (tertiary/aromatic N) is 2. The Morgan fingerprint density at radius 1 is 1.43 bits per heavy atom. The third kappa shape index (κ3) is 2.91. The maximum Gasteiger partial charge on any atom is 0.455 e. The lowest BCUT2D eigenvalue weighted by molar-refractivity contribution is -0.146. The zero-order valence-corrected chi connectivity index (χ0v) is 10.6. The molecule has 0 aliphatic heterocycles. The highest BCUT2D eigenvalue weighted by atomic mass is 19.4. The van der Waals surface area contributed by atoms with E-state index in [0.29, 0.717) is 11.3 Å². The summed E-state index contributed by atoms with van der Waals surface area (Å²) < 4.78 is 46.5. The van der Waals surface area contributed by atoms with Crippen molar-refractivity contribution >= 4 is 5.91 Å². The molecule has 112 valence electrons. The van der Waals surface area contributed by atoms with Crippen LogP contribution in [0.5, 0.6) is 0 Å². The highest BCUT2D eigenvalue weighted by Gasteiger charge is 2.37. The number of hydrogen-bond donors (Lipinski definition) is 1. The summed E-state index contributed by atoms with van der Waals surface area (Å²) in [7, 11) is 0. The largest absolute Gasteiger partial charge is 0.468 e. The van der Waals surface area contributed by atoms with Crippen molar-refractivity contribution in [2.75, 3.05) is 0 Å². The van der Waals surface area contributed by atoms with Crippen LogP contribution in [-0.2, 0) is 12.7 Å². The van der Waals surface area contributed by atoms with Gasteiger partial charge in [0.15, 0.2) is 0 Å². The lowest BCUT2D eigenvalue weighted by atomic mass is 10.2. The Morgan fingerprint density at radius 3 is 2.81 bits per heavy atom. The summed E-state index contributed by atoms with van der Waals surface area (Å²) in [6.07, 6.45) is -1.33. The molecule has 1 aliphatic carbocycles. The Labute approximate surface area is 116 Å². The van der Waals surface area contributed by atoms with Gasteiger partial charge in [0.2, 0.25) is 5.89 Å². The first-order valence-electron chi connectivity index (χ1n) is 6.20. The average Bonchev–Trinajstić information content (AvgIpc) is 2.96. The van der Waals surface area contributed by atoms with Gasteiger partial charge in [0.1, 0.15) is 5.76 Å². The van der Waals surface area contributed by atoms with Crippen molar-refractivity contribution in [1.29, 1.82) is 0 Å². The molecule has 0 spiro atoms. The summed E-state index contributed by atoms with van der Waals surface area (Å²) in [6, 6.07) is 1.53. The first kappa shape index (κ1) is 13.7. The molecule has 3 rings (SSSR count). The molecule has 2 aromatic heterocycles. The summed E-state index contributed by atoms with van der Waals surface area (Å²) in [5, 5.41) is 5.23. The smallest absolute Gasteiger partial charge is 0.455 e. The van der Waals surface area contributed by atoms with Gasteiger partial charge in [0.05, 0.1) is 18.4 Å². The molecule has 2 aromatic rings. The molecule has 0 unspecified atom stereocenters. The van der Waals surface area contributed by atoms with Crippen LogP contribution < -0.4 is 5.32 Å². The van der Waals surface area contributed by atoms with E-state index in [0.717, 1.165) is 12.8 Å². The number of hydrogen-bond acceptors (Lipinski definition) is 5. The van der Waals surface area contributed by atoms with Gasteiger partial charge >= 0.3 is 6.18 Å². The summed E-state index contributed by atoms with van der Waals surface area (Å²) in [4.78, 5) is 15.1. The minimum absolute atomic E-state index is 0.251. The fourth-order valence-corrected chi connectivity index (χ4v) is 1.86. The second-order valence-corrected chi connectivity index (χ2v) is 4.66. The monoisotopic (exact) mass is 301 g/mol. The highest BCUT2D eigenvalue weighted by Crippen LogP contribution is 2.42. The standard InChI is InChI=1S/C12H10F3N3O3/c13-12(14,15)11-17-8(21-18-11)5-16-10(19)7-3-4-20-9(7)6-1-2-6/h3-4,6H,1-2,5H2,(H,16,19).